The van der Waals surface area contributed by atoms with Crippen LogP contribution in [0.4, 0.5) is 11.5 Å². The zero-order chi connectivity index (χ0) is 21.2. The van der Waals surface area contributed by atoms with Crippen molar-refractivity contribution >= 4 is 44.8 Å². The molecule has 0 fully saturated rings. The largest absolute Gasteiger partial charge is 0.337 e. The van der Waals surface area contributed by atoms with Crippen LogP contribution in [0.1, 0.15) is 10.4 Å². The molecule has 150 valence electrons. The molecule has 5 aromatic rings. The van der Waals surface area contributed by atoms with Crippen molar-refractivity contribution < 1.29 is 4.79 Å². The molecule has 3 aromatic carbocycles. The van der Waals surface area contributed by atoms with Gasteiger partial charge in [-0.15, -0.1) is 0 Å². The molecule has 0 aliphatic carbocycles. The van der Waals surface area contributed by atoms with Crippen molar-refractivity contribution in [3.8, 4) is 17.1 Å². The van der Waals surface area contributed by atoms with Crippen LogP contribution in [0.15, 0.2) is 89.5 Å². The van der Waals surface area contributed by atoms with E-state index in [-0.39, 0.29) is 0 Å². The summed E-state index contributed by atoms with van der Waals surface area (Å²) >= 11 is 3.44. The average molecular weight is 470 g/mol. The van der Waals surface area contributed by atoms with E-state index in [0.29, 0.717) is 22.9 Å². The summed E-state index contributed by atoms with van der Waals surface area (Å²) in [6, 6.07) is 25.1. The Morgan fingerprint density at radius 2 is 1.52 bits per heavy atom. The molecule has 7 heteroatoms. The van der Waals surface area contributed by atoms with Gasteiger partial charge in [-0.1, -0.05) is 58.4 Å². The molecular formula is C24H16BrN5O. The predicted molar refractivity (Wildman–Crippen MR) is 125 cm³/mol. The second-order valence-corrected chi connectivity index (χ2v) is 7.79. The Morgan fingerprint density at radius 1 is 0.839 bits per heavy atom. The number of carbonyl (C=O) groups excluding carboxylic acids is 1. The lowest BCUT2D eigenvalue weighted by Crippen LogP contribution is -2.06. The van der Waals surface area contributed by atoms with Gasteiger partial charge in [0.15, 0.2) is 17.9 Å². The van der Waals surface area contributed by atoms with Crippen LogP contribution in [0.5, 0.6) is 0 Å². The maximum absolute atomic E-state index is 11.8. The molecule has 0 unspecified atom stereocenters. The molecule has 0 saturated heterocycles. The van der Waals surface area contributed by atoms with Crippen LogP contribution in [0.25, 0.3) is 28.1 Å². The molecule has 2 aromatic heterocycles. The minimum absolute atomic E-state index is 0.475. The van der Waals surface area contributed by atoms with Crippen molar-refractivity contribution in [3.63, 3.8) is 0 Å². The first-order chi connectivity index (χ1) is 15.2. The fourth-order valence-corrected chi connectivity index (χ4v) is 3.57. The fourth-order valence-electron chi connectivity index (χ4n) is 3.31. The standard InChI is InChI=1S/C24H16BrN5O/c25-18-12-10-16(11-13-18)22-17(15-31)14-30(29-22)24-23(26-19-6-2-1-3-7-19)27-20-8-4-5-9-21(20)28-24/h1-15H,(H,26,27). The number of anilines is 2. The van der Waals surface area contributed by atoms with Crippen molar-refractivity contribution in [2.24, 2.45) is 0 Å². The van der Waals surface area contributed by atoms with Crippen molar-refractivity contribution in [2.75, 3.05) is 5.32 Å². The third-order valence-electron chi connectivity index (χ3n) is 4.79. The van der Waals surface area contributed by atoms with E-state index >= 15 is 0 Å². The number of carbonyl (C=O) groups is 1. The normalized spacial score (nSPS) is 10.9. The number of fused-ring (bicyclic) bond motifs is 1. The Hall–Kier alpha value is -3.84. The summed E-state index contributed by atoms with van der Waals surface area (Å²) in [4.78, 5) is 21.3. The minimum atomic E-state index is 0.475. The van der Waals surface area contributed by atoms with Gasteiger partial charge in [-0.25, -0.2) is 14.6 Å². The van der Waals surface area contributed by atoms with Crippen molar-refractivity contribution in [1.82, 2.24) is 19.7 Å². The first kappa shape index (κ1) is 19.1. The van der Waals surface area contributed by atoms with Crippen LogP contribution in [0, 0.1) is 0 Å². The molecule has 0 aliphatic heterocycles. The van der Waals surface area contributed by atoms with Gasteiger partial charge >= 0.3 is 0 Å². The van der Waals surface area contributed by atoms with E-state index in [1.54, 1.807) is 10.9 Å². The highest BCUT2D eigenvalue weighted by Crippen LogP contribution is 2.28. The minimum Gasteiger partial charge on any atom is -0.337 e. The number of nitrogens with zero attached hydrogens (tertiary/aromatic N) is 4. The van der Waals surface area contributed by atoms with E-state index in [0.717, 1.165) is 33.0 Å². The summed E-state index contributed by atoms with van der Waals surface area (Å²) in [5.74, 6) is 1.06. The second kappa shape index (κ2) is 8.12. The zero-order valence-corrected chi connectivity index (χ0v) is 17.8. The van der Waals surface area contributed by atoms with Gasteiger partial charge in [-0.2, -0.15) is 5.10 Å². The van der Waals surface area contributed by atoms with E-state index in [4.69, 9.17) is 9.97 Å². The summed E-state index contributed by atoms with van der Waals surface area (Å²) in [5.41, 5.74) is 4.29. The van der Waals surface area contributed by atoms with Crippen molar-refractivity contribution in [1.29, 1.82) is 0 Å². The monoisotopic (exact) mass is 469 g/mol. The first-order valence-electron chi connectivity index (χ1n) is 9.61. The summed E-state index contributed by atoms with van der Waals surface area (Å²) in [6.45, 7) is 0. The maximum Gasteiger partial charge on any atom is 0.197 e. The van der Waals surface area contributed by atoms with Crippen molar-refractivity contribution in [2.45, 2.75) is 0 Å². The molecule has 5 rings (SSSR count). The lowest BCUT2D eigenvalue weighted by Gasteiger charge is -2.12. The molecule has 0 saturated carbocycles. The molecule has 1 N–H and O–H groups in total. The number of hydrogen-bond acceptors (Lipinski definition) is 5. The number of aromatic nitrogens is 4. The lowest BCUT2D eigenvalue weighted by molar-refractivity contribution is 0.112. The van der Waals surface area contributed by atoms with Gasteiger partial charge in [0.25, 0.3) is 0 Å². The molecular weight excluding hydrogens is 454 g/mol. The second-order valence-electron chi connectivity index (χ2n) is 6.88. The van der Waals surface area contributed by atoms with Crippen LogP contribution in [0.2, 0.25) is 0 Å². The highest BCUT2D eigenvalue weighted by molar-refractivity contribution is 9.10. The lowest BCUT2D eigenvalue weighted by atomic mass is 10.1. The third-order valence-corrected chi connectivity index (χ3v) is 5.32. The molecule has 0 bridgehead atoms. The number of para-hydroxylation sites is 3. The summed E-state index contributed by atoms with van der Waals surface area (Å²) in [6.07, 6.45) is 2.49. The predicted octanol–water partition coefficient (Wildman–Crippen LogP) is 5.80. The van der Waals surface area contributed by atoms with Crippen LogP contribution in [-0.4, -0.2) is 26.0 Å². The number of nitrogens with one attached hydrogen (secondary N) is 1. The van der Waals surface area contributed by atoms with Crippen LogP contribution in [0.3, 0.4) is 0 Å². The molecule has 0 radical (unpaired) electrons. The Balaban J connectivity index is 1.67. The Labute approximate surface area is 186 Å². The van der Waals surface area contributed by atoms with Gasteiger partial charge < -0.3 is 5.32 Å². The molecule has 0 amide bonds. The van der Waals surface area contributed by atoms with Crippen molar-refractivity contribution in [3.05, 3.63) is 95.1 Å². The molecule has 2 heterocycles. The highest BCUT2D eigenvalue weighted by atomic mass is 79.9. The molecule has 6 nitrogen and oxygen atoms in total. The smallest absolute Gasteiger partial charge is 0.197 e. The quantitative estimate of drug-likeness (QED) is 0.329. The fraction of sp³-hybridized carbons (Fsp3) is 0. The van der Waals surface area contributed by atoms with Crippen LogP contribution in [-0.2, 0) is 0 Å². The SMILES string of the molecule is O=Cc1cn(-c2nc3ccccc3nc2Nc2ccccc2)nc1-c1ccc(Br)cc1. The molecule has 0 aliphatic rings. The van der Waals surface area contributed by atoms with E-state index in [1.807, 2.05) is 78.9 Å². The molecule has 31 heavy (non-hydrogen) atoms. The summed E-state index contributed by atoms with van der Waals surface area (Å²) < 4.78 is 2.56. The van der Waals surface area contributed by atoms with Gasteiger partial charge in [0.1, 0.15) is 5.69 Å². The third kappa shape index (κ3) is 3.83. The number of benzene rings is 3. The summed E-state index contributed by atoms with van der Waals surface area (Å²) in [7, 11) is 0. The maximum atomic E-state index is 11.8. The average Bonchev–Trinajstić information content (AvgIpc) is 3.24. The van der Waals surface area contributed by atoms with Gasteiger partial charge in [0.2, 0.25) is 0 Å². The topological polar surface area (TPSA) is 72.7 Å². The number of halogens is 1. The van der Waals surface area contributed by atoms with E-state index in [1.165, 1.54) is 0 Å². The Kier molecular flexibility index (Phi) is 5.01. The number of aldehydes is 1. The number of hydrogen-bond donors (Lipinski definition) is 1. The number of rotatable bonds is 5. The Morgan fingerprint density at radius 3 is 2.23 bits per heavy atom. The molecule has 0 spiro atoms. The van der Waals surface area contributed by atoms with Gasteiger partial charge in [-0.05, 0) is 36.4 Å². The summed E-state index contributed by atoms with van der Waals surface area (Å²) in [5, 5.41) is 8.02. The van der Waals surface area contributed by atoms with Crippen LogP contribution >= 0.6 is 15.9 Å². The highest BCUT2D eigenvalue weighted by Gasteiger charge is 2.17. The molecule has 0 atom stereocenters. The van der Waals surface area contributed by atoms with E-state index < -0.39 is 0 Å². The van der Waals surface area contributed by atoms with E-state index in [2.05, 4.69) is 26.3 Å². The van der Waals surface area contributed by atoms with Gasteiger partial charge in [-0.3, -0.25) is 4.79 Å². The zero-order valence-electron chi connectivity index (χ0n) is 16.2. The first-order valence-corrected chi connectivity index (χ1v) is 10.4. The van der Waals surface area contributed by atoms with Crippen LogP contribution < -0.4 is 5.32 Å². The Bertz CT molecular complexity index is 1380. The van der Waals surface area contributed by atoms with Gasteiger partial charge in [0.05, 0.1) is 16.6 Å². The van der Waals surface area contributed by atoms with Gasteiger partial charge in [0, 0.05) is 21.9 Å². The van der Waals surface area contributed by atoms with E-state index in [9.17, 15) is 4.79 Å².